The van der Waals surface area contributed by atoms with Crippen LogP contribution >= 0.6 is 34.3 Å². The predicted molar refractivity (Wildman–Crippen MR) is 111 cm³/mol. The first-order chi connectivity index (χ1) is 12.7. The molecule has 132 valence electrons. The predicted octanol–water partition coefficient (Wildman–Crippen LogP) is 5.63. The van der Waals surface area contributed by atoms with Gasteiger partial charge in [0.25, 0.3) is 0 Å². The molecule has 0 aliphatic carbocycles. The second-order valence-electron chi connectivity index (χ2n) is 6.28. The third-order valence-corrected chi connectivity index (χ3v) is 6.21. The Labute approximate surface area is 165 Å². The van der Waals surface area contributed by atoms with E-state index < -0.39 is 0 Å². The number of para-hydroxylation sites is 1. The lowest BCUT2D eigenvalue weighted by molar-refractivity contribution is 0.315. The van der Waals surface area contributed by atoms with Crippen LogP contribution in [0.1, 0.15) is 21.3 Å². The lowest BCUT2D eigenvalue weighted by atomic mass is 10.2. The van der Waals surface area contributed by atoms with Crippen molar-refractivity contribution in [1.29, 1.82) is 0 Å². The summed E-state index contributed by atoms with van der Waals surface area (Å²) >= 11 is 9.43. The average Bonchev–Trinajstić information content (AvgIpc) is 3.22. The van der Waals surface area contributed by atoms with Crippen molar-refractivity contribution in [2.45, 2.75) is 19.5 Å². The summed E-state index contributed by atoms with van der Waals surface area (Å²) in [5, 5.41) is 5.20. The minimum Gasteiger partial charge on any atom is -0.294 e. The van der Waals surface area contributed by atoms with Crippen molar-refractivity contribution < 1.29 is 0 Å². The number of aromatic nitrogens is 2. The van der Waals surface area contributed by atoms with Gasteiger partial charge in [0.2, 0.25) is 0 Å². The van der Waals surface area contributed by atoms with Crippen LogP contribution in [0, 0.1) is 0 Å². The van der Waals surface area contributed by atoms with Crippen LogP contribution in [0.2, 0.25) is 5.02 Å². The Kier molecular flexibility index (Phi) is 5.31. The number of rotatable bonds is 6. The van der Waals surface area contributed by atoms with E-state index in [-0.39, 0.29) is 0 Å². The van der Waals surface area contributed by atoms with Gasteiger partial charge in [-0.05, 0) is 36.9 Å². The van der Waals surface area contributed by atoms with Gasteiger partial charge in [-0.15, -0.1) is 22.7 Å². The maximum Gasteiger partial charge on any atom is 0.108 e. The molecule has 4 aromatic rings. The highest BCUT2D eigenvalue weighted by Gasteiger charge is 2.10. The van der Waals surface area contributed by atoms with E-state index in [9.17, 15) is 0 Å². The Morgan fingerprint density at radius 1 is 0.962 bits per heavy atom. The van der Waals surface area contributed by atoms with Gasteiger partial charge in [0.05, 0.1) is 27.5 Å². The molecule has 0 unspecified atom stereocenters. The molecule has 2 aromatic heterocycles. The highest BCUT2D eigenvalue weighted by Crippen LogP contribution is 2.23. The molecule has 0 radical (unpaired) electrons. The molecule has 2 aromatic carbocycles. The molecule has 0 atom stereocenters. The van der Waals surface area contributed by atoms with E-state index in [4.69, 9.17) is 21.6 Å². The lowest BCUT2D eigenvalue weighted by Crippen LogP contribution is -2.17. The van der Waals surface area contributed by atoms with E-state index in [1.807, 2.05) is 18.2 Å². The van der Waals surface area contributed by atoms with Crippen LogP contribution in [-0.4, -0.2) is 21.9 Å². The van der Waals surface area contributed by atoms with Crippen LogP contribution < -0.4 is 0 Å². The number of nitrogens with zero attached hydrogens (tertiary/aromatic N) is 3. The molecule has 2 heterocycles. The number of fused-ring (bicyclic) bond motifs is 1. The topological polar surface area (TPSA) is 29.0 Å². The van der Waals surface area contributed by atoms with Gasteiger partial charge in [0.15, 0.2) is 0 Å². The van der Waals surface area contributed by atoms with E-state index in [1.54, 1.807) is 22.7 Å². The van der Waals surface area contributed by atoms with E-state index >= 15 is 0 Å². The molecule has 6 heteroatoms. The summed E-state index contributed by atoms with van der Waals surface area (Å²) in [5.74, 6) is 0. The van der Waals surface area contributed by atoms with E-state index in [0.29, 0.717) is 0 Å². The molecular formula is C20H18ClN3S2. The zero-order valence-corrected chi connectivity index (χ0v) is 16.7. The molecule has 0 spiro atoms. The number of halogens is 1. The standard InChI is InChI=1S/C20H18ClN3S2/c1-24(12-20-23-17-4-2-3-5-18(17)26-20)11-16-13-25-19(22-16)10-14-6-8-15(21)9-7-14/h2-9,13H,10-12H2,1H3. The quantitative estimate of drug-likeness (QED) is 0.420. The fraction of sp³-hybridized carbons (Fsp3) is 0.200. The Balaban J connectivity index is 1.37. The summed E-state index contributed by atoms with van der Waals surface area (Å²) in [6, 6.07) is 16.3. The first kappa shape index (κ1) is 17.6. The highest BCUT2D eigenvalue weighted by molar-refractivity contribution is 7.18. The van der Waals surface area contributed by atoms with E-state index in [2.05, 4.69) is 47.7 Å². The summed E-state index contributed by atoms with van der Waals surface area (Å²) < 4.78 is 1.25. The number of thiazole rings is 2. The normalized spacial score (nSPS) is 11.5. The zero-order valence-electron chi connectivity index (χ0n) is 14.4. The Hall–Kier alpha value is -1.79. The molecule has 0 aliphatic heterocycles. The molecule has 0 saturated carbocycles. The van der Waals surface area contributed by atoms with Gasteiger partial charge in [0.1, 0.15) is 5.01 Å². The van der Waals surface area contributed by atoms with Crippen LogP contribution in [0.5, 0.6) is 0 Å². The monoisotopic (exact) mass is 399 g/mol. The number of hydrogen-bond donors (Lipinski definition) is 0. The van der Waals surface area contributed by atoms with Gasteiger partial charge in [-0.3, -0.25) is 4.90 Å². The summed E-state index contributed by atoms with van der Waals surface area (Å²) in [7, 11) is 2.12. The molecule has 26 heavy (non-hydrogen) atoms. The minimum atomic E-state index is 0.769. The first-order valence-electron chi connectivity index (χ1n) is 8.36. The summed E-state index contributed by atoms with van der Waals surface area (Å²) in [6.45, 7) is 1.66. The van der Waals surface area contributed by atoms with Gasteiger partial charge < -0.3 is 0 Å². The summed E-state index contributed by atoms with van der Waals surface area (Å²) in [6.07, 6.45) is 0.851. The number of benzene rings is 2. The lowest BCUT2D eigenvalue weighted by Gasteiger charge is -2.12. The molecule has 0 bridgehead atoms. The summed E-state index contributed by atoms with van der Waals surface area (Å²) in [4.78, 5) is 11.8. The molecule has 3 nitrogen and oxygen atoms in total. The third kappa shape index (κ3) is 4.30. The summed E-state index contributed by atoms with van der Waals surface area (Å²) in [5.41, 5.74) is 3.43. The first-order valence-corrected chi connectivity index (χ1v) is 10.4. The molecule has 4 rings (SSSR count). The van der Waals surface area contributed by atoms with Crippen molar-refractivity contribution in [3.8, 4) is 0 Å². The highest BCUT2D eigenvalue weighted by atomic mass is 35.5. The zero-order chi connectivity index (χ0) is 17.9. The Bertz CT molecular complexity index is 974. The maximum absolute atomic E-state index is 5.95. The van der Waals surface area contributed by atoms with Gasteiger partial charge >= 0.3 is 0 Å². The SMILES string of the molecule is CN(Cc1csc(Cc2ccc(Cl)cc2)n1)Cc1nc2ccccc2s1. The van der Waals surface area contributed by atoms with Crippen molar-refractivity contribution >= 4 is 44.5 Å². The minimum absolute atomic E-state index is 0.769. The van der Waals surface area contributed by atoms with Crippen molar-refractivity contribution in [2.24, 2.45) is 0 Å². The van der Waals surface area contributed by atoms with Crippen LogP contribution in [-0.2, 0) is 19.5 Å². The Morgan fingerprint density at radius 3 is 2.58 bits per heavy atom. The number of hydrogen-bond acceptors (Lipinski definition) is 5. The van der Waals surface area contributed by atoms with Gasteiger partial charge in [0, 0.05) is 23.4 Å². The van der Waals surface area contributed by atoms with Crippen molar-refractivity contribution in [3.05, 3.63) is 80.2 Å². The molecule has 0 N–H and O–H groups in total. The smallest absolute Gasteiger partial charge is 0.108 e. The molecule has 0 aliphatic rings. The Morgan fingerprint density at radius 2 is 1.77 bits per heavy atom. The van der Waals surface area contributed by atoms with Crippen molar-refractivity contribution in [2.75, 3.05) is 7.05 Å². The van der Waals surface area contributed by atoms with Crippen LogP contribution in [0.15, 0.2) is 53.9 Å². The van der Waals surface area contributed by atoms with Crippen molar-refractivity contribution in [1.82, 2.24) is 14.9 Å². The molecular weight excluding hydrogens is 382 g/mol. The molecule has 0 amide bonds. The maximum atomic E-state index is 5.95. The van der Waals surface area contributed by atoms with Crippen LogP contribution in [0.25, 0.3) is 10.2 Å². The average molecular weight is 400 g/mol. The largest absolute Gasteiger partial charge is 0.294 e. The van der Waals surface area contributed by atoms with Crippen LogP contribution in [0.4, 0.5) is 0 Å². The van der Waals surface area contributed by atoms with E-state index in [1.165, 1.54) is 10.3 Å². The second-order valence-corrected chi connectivity index (χ2v) is 8.78. The second kappa shape index (κ2) is 7.84. The molecule has 0 saturated heterocycles. The van der Waals surface area contributed by atoms with Gasteiger partial charge in [-0.1, -0.05) is 35.9 Å². The van der Waals surface area contributed by atoms with E-state index in [0.717, 1.165) is 45.8 Å². The van der Waals surface area contributed by atoms with Gasteiger partial charge in [-0.25, -0.2) is 9.97 Å². The fourth-order valence-electron chi connectivity index (χ4n) is 2.83. The third-order valence-electron chi connectivity index (χ3n) is 4.04. The van der Waals surface area contributed by atoms with Crippen molar-refractivity contribution in [3.63, 3.8) is 0 Å². The molecule has 0 fully saturated rings. The van der Waals surface area contributed by atoms with Crippen LogP contribution in [0.3, 0.4) is 0 Å². The van der Waals surface area contributed by atoms with Gasteiger partial charge in [-0.2, -0.15) is 0 Å². The fourth-order valence-corrected chi connectivity index (χ4v) is 4.82.